The monoisotopic (exact) mass is 459 g/mol. The molecule has 33 heavy (non-hydrogen) atoms. The smallest absolute Gasteiger partial charge is 0.204 e. The van der Waals surface area contributed by atoms with E-state index in [1.165, 1.54) is 12.1 Å². The molecule has 1 aliphatic rings. The number of hydrogen-bond acceptors (Lipinski definition) is 6. The Morgan fingerprint density at radius 3 is 2.30 bits per heavy atom. The standard InChI is InChI=1S/C26H34FNO5/c1-18-19(2)24(30-4)26(32-14-5-6-21-7-9-22(27)10-8-21)25(23(18)20(3)29)33-17-13-28-11-15-31-16-12-28/h7-10H,5-6,11-17H2,1-4H3. The van der Waals surface area contributed by atoms with Crippen molar-refractivity contribution in [2.45, 2.75) is 33.6 Å². The molecule has 0 aliphatic carbocycles. The molecule has 1 aliphatic heterocycles. The molecular weight excluding hydrogens is 425 g/mol. The molecule has 1 saturated heterocycles. The highest BCUT2D eigenvalue weighted by Crippen LogP contribution is 2.45. The SMILES string of the molecule is COc1c(C)c(C)c(C(C)=O)c(OCCN2CCOCC2)c1OCCCc1ccc(F)cc1. The van der Waals surface area contributed by atoms with E-state index in [-0.39, 0.29) is 11.6 Å². The van der Waals surface area contributed by atoms with E-state index in [9.17, 15) is 9.18 Å². The predicted octanol–water partition coefficient (Wildman–Crippen LogP) is 4.38. The van der Waals surface area contributed by atoms with Gasteiger partial charge in [-0.25, -0.2) is 4.39 Å². The van der Waals surface area contributed by atoms with Crippen LogP contribution in [0.25, 0.3) is 0 Å². The van der Waals surface area contributed by atoms with Gasteiger partial charge in [0.2, 0.25) is 5.75 Å². The summed E-state index contributed by atoms with van der Waals surface area (Å²) in [5, 5.41) is 0. The zero-order valence-corrected chi connectivity index (χ0v) is 20.0. The largest absolute Gasteiger partial charge is 0.492 e. The van der Waals surface area contributed by atoms with Crippen LogP contribution in [0, 0.1) is 19.7 Å². The topological polar surface area (TPSA) is 57.2 Å². The summed E-state index contributed by atoms with van der Waals surface area (Å²) in [5.74, 6) is 1.17. The van der Waals surface area contributed by atoms with Crippen LogP contribution < -0.4 is 14.2 Å². The molecule has 6 nitrogen and oxygen atoms in total. The molecule has 0 aromatic heterocycles. The minimum atomic E-state index is -0.245. The molecule has 180 valence electrons. The van der Waals surface area contributed by atoms with Gasteiger partial charge in [0.15, 0.2) is 17.3 Å². The number of Topliss-reactive ketones (excluding diaryl/α,β-unsaturated/α-hetero) is 1. The van der Waals surface area contributed by atoms with Crippen molar-refractivity contribution in [1.82, 2.24) is 4.90 Å². The molecule has 0 bridgehead atoms. The predicted molar refractivity (Wildman–Crippen MR) is 125 cm³/mol. The first-order valence-corrected chi connectivity index (χ1v) is 11.4. The third-order valence-electron chi connectivity index (χ3n) is 6.00. The maximum Gasteiger partial charge on any atom is 0.204 e. The molecule has 0 amide bonds. The Labute approximate surface area is 195 Å². The Morgan fingerprint density at radius 1 is 1.00 bits per heavy atom. The summed E-state index contributed by atoms with van der Waals surface area (Å²) >= 11 is 0. The maximum atomic E-state index is 13.1. The average molecular weight is 460 g/mol. The van der Waals surface area contributed by atoms with Crippen molar-refractivity contribution in [3.8, 4) is 17.2 Å². The Hall–Kier alpha value is -2.64. The molecule has 3 rings (SSSR count). The number of nitrogens with zero attached hydrogens (tertiary/aromatic N) is 1. The normalized spacial score (nSPS) is 14.2. The molecule has 0 saturated carbocycles. The Balaban J connectivity index is 1.77. The first kappa shape index (κ1) is 25.0. The van der Waals surface area contributed by atoms with Crippen molar-refractivity contribution in [2.75, 3.05) is 53.2 Å². The van der Waals surface area contributed by atoms with Crippen molar-refractivity contribution in [3.63, 3.8) is 0 Å². The van der Waals surface area contributed by atoms with Gasteiger partial charge in [-0.1, -0.05) is 12.1 Å². The van der Waals surface area contributed by atoms with Crippen LogP contribution in [-0.4, -0.2) is 63.9 Å². The molecule has 2 aromatic carbocycles. The van der Waals surface area contributed by atoms with Gasteiger partial charge in [-0.2, -0.15) is 0 Å². The number of rotatable bonds is 11. The molecule has 1 heterocycles. The first-order chi connectivity index (χ1) is 15.9. The summed E-state index contributed by atoms with van der Waals surface area (Å²) in [7, 11) is 1.60. The van der Waals surface area contributed by atoms with Gasteiger partial charge in [0.1, 0.15) is 12.4 Å². The fourth-order valence-corrected chi connectivity index (χ4v) is 4.06. The molecule has 1 fully saturated rings. The number of benzene rings is 2. The zero-order valence-electron chi connectivity index (χ0n) is 20.0. The number of methoxy groups -OCH3 is 1. The summed E-state index contributed by atoms with van der Waals surface area (Å²) < 4.78 is 36.6. The molecule has 2 aromatic rings. The zero-order chi connectivity index (χ0) is 23.8. The lowest BCUT2D eigenvalue weighted by atomic mass is 9.97. The van der Waals surface area contributed by atoms with Gasteiger partial charge < -0.3 is 18.9 Å². The second-order valence-corrected chi connectivity index (χ2v) is 8.25. The number of carbonyl (C=O) groups is 1. The first-order valence-electron chi connectivity index (χ1n) is 11.4. The lowest BCUT2D eigenvalue weighted by Gasteiger charge is -2.27. The Kier molecular flexibility index (Phi) is 9.09. The summed E-state index contributed by atoms with van der Waals surface area (Å²) in [6.07, 6.45) is 1.48. The summed E-state index contributed by atoms with van der Waals surface area (Å²) in [6.45, 7) is 10.1. The van der Waals surface area contributed by atoms with Crippen LogP contribution in [0.15, 0.2) is 24.3 Å². The van der Waals surface area contributed by atoms with E-state index in [0.29, 0.717) is 36.0 Å². The maximum absolute atomic E-state index is 13.1. The number of halogens is 1. The minimum Gasteiger partial charge on any atom is -0.492 e. The third-order valence-corrected chi connectivity index (χ3v) is 6.00. The van der Waals surface area contributed by atoms with Crippen molar-refractivity contribution in [1.29, 1.82) is 0 Å². The highest BCUT2D eigenvalue weighted by Gasteiger charge is 2.26. The van der Waals surface area contributed by atoms with Crippen LogP contribution in [0.5, 0.6) is 17.2 Å². The van der Waals surface area contributed by atoms with Crippen LogP contribution in [0.1, 0.15) is 40.4 Å². The lowest BCUT2D eigenvalue weighted by Crippen LogP contribution is -2.38. The molecule has 7 heteroatoms. The molecule has 0 atom stereocenters. The number of hydrogen-bond donors (Lipinski definition) is 0. The summed E-state index contributed by atoms with van der Waals surface area (Å²) in [4.78, 5) is 14.8. The van der Waals surface area contributed by atoms with Gasteiger partial charge >= 0.3 is 0 Å². The highest BCUT2D eigenvalue weighted by atomic mass is 19.1. The molecule has 0 radical (unpaired) electrons. The number of ketones is 1. The van der Waals surface area contributed by atoms with Gasteiger partial charge in [0.25, 0.3) is 0 Å². The Bertz CT molecular complexity index is 939. The molecule has 0 spiro atoms. The number of aryl methyl sites for hydroxylation is 1. The minimum absolute atomic E-state index is 0.0733. The lowest BCUT2D eigenvalue weighted by molar-refractivity contribution is 0.0320. The van der Waals surface area contributed by atoms with E-state index in [0.717, 1.165) is 62.4 Å². The van der Waals surface area contributed by atoms with E-state index < -0.39 is 0 Å². The second kappa shape index (κ2) is 12.0. The van der Waals surface area contributed by atoms with E-state index in [2.05, 4.69) is 4.90 Å². The Morgan fingerprint density at radius 2 is 1.67 bits per heavy atom. The van der Waals surface area contributed by atoms with Crippen molar-refractivity contribution >= 4 is 5.78 Å². The van der Waals surface area contributed by atoms with E-state index >= 15 is 0 Å². The third kappa shape index (κ3) is 6.45. The van der Waals surface area contributed by atoms with Crippen LogP contribution in [-0.2, 0) is 11.2 Å². The van der Waals surface area contributed by atoms with Crippen LogP contribution in [0.3, 0.4) is 0 Å². The van der Waals surface area contributed by atoms with E-state index in [1.807, 2.05) is 13.8 Å². The number of ether oxygens (including phenoxy) is 4. The van der Waals surface area contributed by atoms with Crippen molar-refractivity contribution < 1.29 is 28.1 Å². The fraction of sp³-hybridized carbons (Fsp3) is 0.500. The van der Waals surface area contributed by atoms with Gasteiger partial charge in [-0.15, -0.1) is 0 Å². The molecule has 0 unspecified atom stereocenters. The van der Waals surface area contributed by atoms with Gasteiger partial charge in [0.05, 0.1) is 32.5 Å². The second-order valence-electron chi connectivity index (χ2n) is 8.25. The molecular formula is C26H34FNO5. The summed E-state index contributed by atoms with van der Waals surface area (Å²) in [6, 6.07) is 6.48. The van der Waals surface area contributed by atoms with Crippen molar-refractivity contribution in [2.24, 2.45) is 0 Å². The number of carbonyl (C=O) groups excluding carboxylic acids is 1. The highest BCUT2D eigenvalue weighted by molar-refractivity contribution is 6.00. The van der Waals surface area contributed by atoms with Crippen molar-refractivity contribution in [3.05, 3.63) is 52.3 Å². The van der Waals surface area contributed by atoms with Crippen LogP contribution >= 0.6 is 0 Å². The summed E-state index contributed by atoms with van der Waals surface area (Å²) in [5.41, 5.74) is 3.26. The fourth-order valence-electron chi connectivity index (χ4n) is 4.06. The quantitative estimate of drug-likeness (QED) is 0.367. The van der Waals surface area contributed by atoms with Gasteiger partial charge in [0, 0.05) is 19.6 Å². The van der Waals surface area contributed by atoms with Crippen LogP contribution in [0.4, 0.5) is 4.39 Å². The van der Waals surface area contributed by atoms with E-state index in [1.54, 1.807) is 26.2 Å². The van der Waals surface area contributed by atoms with E-state index in [4.69, 9.17) is 18.9 Å². The average Bonchev–Trinajstić information content (AvgIpc) is 2.81. The van der Waals surface area contributed by atoms with Gasteiger partial charge in [-0.3, -0.25) is 9.69 Å². The van der Waals surface area contributed by atoms with Crippen LogP contribution in [0.2, 0.25) is 0 Å². The molecule has 0 N–H and O–H groups in total. The number of morpholine rings is 1. The van der Waals surface area contributed by atoms with Gasteiger partial charge in [-0.05, 0) is 62.4 Å².